The van der Waals surface area contributed by atoms with Crippen molar-refractivity contribution in [1.29, 1.82) is 0 Å². The van der Waals surface area contributed by atoms with Crippen LogP contribution in [0.3, 0.4) is 0 Å². The fourth-order valence-corrected chi connectivity index (χ4v) is 2.80. The molecule has 2 aromatic rings. The van der Waals surface area contributed by atoms with Crippen molar-refractivity contribution in [2.24, 2.45) is 5.73 Å². The van der Waals surface area contributed by atoms with Crippen LogP contribution in [0.4, 0.5) is 0 Å². The topological polar surface area (TPSA) is 53.7 Å². The molecule has 0 saturated heterocycles. The van der Waals surface area contributed by atoms with E-state index in [2.05, 4.69) is 11.4 Å². The van der Waals surface area contributed by atoms with Gasteiger partial charge in [0.05, 0.1) is 0 Å². The monoisotopic (exact) mass is 291 g/mol. The van der Waals surface area contributed by atoms with Gasteiger partial charge in [0.15, 0.2) is 11.5 Å². The molecule has 0 radical (unpaired) electrons. The molecule has 0 fully saturated rings. The Labute approximate surface area is 122 Å². The number of hydrogen-bond acceptors (Lipinski definition) is 5. The summed E-state index contributed by atoms with van der Waals surface area (Å²) >= 11 is 1.66. The van der Waals surface area contributed by atoms with E-state index in [0.29, 0.717) is 6.61 Å². The van der Waals surface area contributed by atoms with E-state index in [1.807, 2.05) is 24.4 Å². The number of nitrogens with two attached hydrogens (primary N) is 1. The maximum absolute atomic E-state index is 5.92. The maximum atomic E-state index is 5.92. The van der Waals surface area contributed by atoms with Crippen LogP contribution in [-0.2, 0) is 13.0 Å². The summed E-state index contributed by atoms with van der Waals surface area (Å²) in [5.74, 6) is 2.32. The van der Waals surface area contributed by atoms with Crippen LogP contribution in [0.15, 0.2) is 29.0 Å². The molecule has 2 N–H and O–H groups in total. The van der Waals surface area contributed by atoms with Crippen molar-refractivity contribution in [3.63, 3.8) is 0 Å². The summed E-state index contributed by atoms with van der Waals surface area (Å²) in [5.41, 5.74) is 8.12. The van der Waals surface area contributed by atoms with Gasteiger partial charge in [0.25, 0.3) is 0 Å². The fraction of sp³-hybridized carbons (Fsp3) is 0.333. The number of benzene rings is 1. The van der Waals surface area contributed by atoms with Crippen LogP contribution in [0.2, 0.25) is 0 Å². The van der Waals surface area contributed by atoms with Crippen LogP contribution < -0.4 is 19.9 Å². The van der Waals surface area contributed by atoms with Crippen LogP contribution in [0.1, 0.15) is 18.1 Å². The lowest BCUT2D eigenvalue weighted by molar-refractivity contribution is 0.173. The summed E-state index contributed by atoms with van der Waals surface area (Å²) in [6, 6.07) is 5.99. The standard InChI is InChI=1S/C15H17NO3S/c1-10(16)4-12-5-14-15(19-9-18-14)6-13(12)17-7-11-2-3-20-8-11/h2-3,5-6,8,10H,4,7,9,16H2,1H3. The van der Waals surface area contributed by atoms with Crippen LogP contribution in [-0.4, -0.2) is 12.8 Å². The fourth-order valence-electron chi connectivity index (χ4n) is 2.14. The zero-order valence-corrected chi connectivity index (χ0v) is 12.1. The second-order valence-corrected chi connectivity index (χ2v) is 5.69. The third kappa shape index (κ3) is 2.89. The highest BCUT2D eigenvalue weighted by atomic mass is 32.1. The second-order valence-electron chi connectivity index (χ2n) is 4.91. The van der Waals surface area contributed by atoms with E-state index in [-0.39, 0.29) is 12.8 Å². The van der Waals surface area contributed by atoms with Gasteiger partial charge in [-0.1, -0.05) is 0 Å². The first-order chi connectivity index (χ1) is 9.72. The third-order valence-corrected chi connectivity index (χ3v) is 3.80. The minimum absolute atomic E-state index is 0.0684. The van der Waals surface area contributed by atoms with Crippen molar-refractivity contribution >= 4 is 11.3 Å². The Bertz CT molecular complexity index is 581. The summed E-state index contributed by atoms with van der Waals surface area (Å²) in [4.78, 5) is 0. The molecule has 2 heterocycles. The molecule has 0 bridgehead atoms. The van der Waals surface area contributed by atoms with E-state index >= 15 is 0 Å². The summed E-state index contributed by atoms with van der Waals surface area (Å²) in [6.07, 6.45) is 0.746. The molecule has 0 aliphatic carbocycles. The summed E-state index contributed by atoms with van der Waals surface area (Å²) in [6.45, 7) is 2.79. The molecule has 0 saturated carbocycles. The van der Waals surface area contributed by atoms with Crippen LogP contribution >= 0.6 is 11.3 Å². The smallest absolute Gasteiger partial charge is 0.231 e. The van der Waals surface area contributed by atoms with Gasteiger partial charge in [0.2, 0.25) is 6.79 Å². The summed E-state index contributed by atoms with van der Waals surface area (Å²) in [7, 11) is 0. The molecule has 106 valence electrons. The molecule has 20 heavy (non-hydrogen) atoms. The second kappa shape index (κ2) is 5.73. The predicted molar refractivity (Wildman–Crippen MR) is 78.6 cm³/mol. The van der Waals surface area contributed by atoms with Gasteiger partial charge in [0.1, 0.15) is 12.4 Å². The Morgan fingerprint density at radius 3 is 2.85 bits per heavy atom. The lowest BCUT2D eigenvalue weighted by atomic mass is 10.1. The van der Waals surface area contributed by atoms with E-state index < -0.39 is 0 Å². The molecule has 5 heteroatoms. The summed E-state index contributed by atoms with van der Waals surface area (Å²) in [5, 5.41) is 4.12. The first-order valence-corrected chi connectivity index (χ1v) is 7.48. The van der Waals surface area contributed by atoms with E-state index in [1.165, 1.54) is 5.56 Å². The Kier molecular flexibility index (Phi) is 3.80. The highest BCUT2D eigenvalue weighted by Gasteiger charge is 2.18. The molecule has 3 rings (SSSR count). The summed E-state index contributed by atoms with van der Waals surface area (Å²) < 4.78 is 16.7. The van der Waals surface area contributed by atoms with Crippen LogP contribution in [0.25, 0.3) is 0 Å². The SMILES string of the molecule is CC(N)Cc1cc2c(cc1OCc1ccsc1)OCO2. The maximum Gasteiger partial charge on any atom is 0.231 e. The minimum atomic E-state index is 0.0684. The van der Waals surface area contributed by atoms with Crippen molar-refractivity contribution in [3.8, 4) is 17.2 Å². The van der Waals surface area contributed by atoms with Crippen molar-refractivity contribution in [3.05, 3.63) is 40.1 Å². The largest absolute Gasteiger partial charge is 0.488 e. The van der Waals surface area contributed by atoms with Gasteiger partial charge >= 0.3 is 0 Å². The van der Waals surface area contributed by atoms with E-state index in [9.17, 15) is 0 Å². The zero-order chi connectivity index (χ0) is 13.9. The van der Waals surface area contributed by atoms with Crippen molar-refractivity contribution < 1.29 is 14.2 Å². The lowest BCUT2D eigenvalue weighted by Crippen LogP contribution is -2.18. The lowest BCUT2D eigenvalue weighted by Gasteiger charge is -2.14. The highest BCUT2D eigenvalue weighted by molar-refractivity contribution is 7.07. The average Bonchev–Trinajstić information content (AvgIpc) is 3.05. The molecule has 1 aromatic heterocycles. The quantitative estimate of drug-likeness (QED) is 0.920. The van der Waals surface area contributed by atoms with Gasteiger partial charge in [-0.05, 0) is 47.4 Å². The Morgan fingerprint density at radius 2 is 2.15 bits per heavy atom. The Morgan fingerprint density at radius 1 is 1.35 bits per heavy atom. The molecule has 1 aromatic carbocycles. The molecule has 4 nitrogen and oxygen atoms in total. The van der Waals surface area contributed by atoms with Gasteiger partial charge in [-0.25, -0.2) is 0 Å². The van der Waals surface area contributed by atoms with Crippen LogP contribution in [0, 0.1) is 0 Å². The molecule has 1 unspecified atom stereocenters. The van der Waals surface area contributed by atoms with Gasteiger partial charge in [-0.3, -0.25) is 0 Å². The number of fused-ring (bicyclic) bond motifs is 1. The molecule has 1 aliphatic rings. The highest BCUT2D eigenvalue weighted by Crippen LogP contribution is 2.38. The van der Waals surface area contributed by atoms with Crippen molar-refractivity contribution in [1.82, 2.24) is 0 Å². The first-order valence-electron chi connectivity index (χ1n) is 6.54. The van der Waals surface area contributed by atoms with Gasteiger partial charge in [-0.15, -0.1) is 0 Å². The van der Waals surface area contributed by atoms with Crippen molar-refractivity contribution in [2.75, 3.05) is 6.79 Å². The first kappa shape index (κ1) is 13.3. The molecular weight excluding hydrogens is 274 g/mol. The molecule has 0 spiro atoms. The van der Waals surface area contributed by atoms with Gasteiger partial charge in [-0.2, -0.15) is 11.3 Å². The minimum Gasteiger partial charge on any atom is -0.488 e. The van der Waals surface area contributed by atoms with E-state index in [4.69, 9.17) is 19.9 Å². The predicted octanol–water partition coefficient (Wildman–Crippen LogP) is 2.95. The Balaban J connectivity index is 1.83. The number of rotatable bonds is 5. The van der Waals surface area contributed by atoms with Gasteiger partial charge < -0.3 is 19.9 Å². The van der Waals surface area contributed by atoms with Gasteiger partial charge in [0, 0.05) is 12.1 Å². The third-order valence-electron chi connectivity index (χ3n) is 3.07. The Hall–Kier alpha value is -1.72. The molecular formula is C15H17NO3S. The zero-order valence-electron chi connectivity index (χ0n) is 11.3. The van der Waals surface area contributed by atoms with E-state index in [0.717, 1.165) is 29.2 Å². The number of ether oxygens (including phenoxy) is 3. The van der Waals surface area contributed by atoms with E-state index in [1.54, 1.807) is 11.3 Å². The normalized spacial score (nSPS) is 14.3. The van der Waals surface area contributed by atoms with Crippen molar-refractivity contribution in [2.45, 2.75) is 26.0 Å². The molecule has 0 amide bonds. The number of hydrogen-bond donors (Lipinski definition) is 1. The molecule has 1 atom stereocenters. The average molecular weight is 291 g/mol. The number of thiophene rings is 1. The van der Waals surface area contributed by atoms with Crippen LogP contribution in [0.5, 0.6) is 17.2 Å². The molecule has 1 aliphatic heterocycles.